The number of halogens is 3. The van der Waals surface area contributed by atoms with Gasteiger partial charge in [0.05, 0.1) is 0 Å². The van der Waals surface area contributed by atoms with Crippen molar-refractivity contribution >= 4 is 47.8 Å². The highest BCUT2D eigenvalue weighted by Gasteiger charge is 1.87. The van der Waals surface area contributed by atoms with E-state index in [9.17, 15) is 0 Å². The normalized spacial score (nSPS) is 8.82. The standard InChI is InChI=1S/C7H4BrN.C5H3Br2N/c1-2-6-4-3-5-7(8)9-6;6-4-2-1-3-5(7)8-4/h1,3-5H;1-3H. The average molecular weight is 419 g/mol. The molecule has 0 fully saturated rings. The second-order valence-electron chi connectivity index (χ2n) is 2.77. The Morgan fingerprint density at radius 3 is 1.59 bits per heavy atom. The van der Waals surface area contributed by atoms with Crippen LogP contribution in [0.4, 0.5) is 0 Å². The zero-order chi connectivity index (χ0) is 12.7. The van der Waals surface area contributed by atoms with Crippen LogP contribution < -0.4 is 0 Å². The molecule has 0 saturated heterocycles. The van der Waals surface area contributed by atoms with Crippen LogP contribution in [0.1, 0.15) is 5.69 Å². The SMILES string of the molecule is Brc1cccc(Br)n1.C#Cc1cccc(Br)n1. The molecule has 0 bridgehead atoms. The molecule has 2 heterocycles. The van der Waals surface area contributed by atoms with Crippen molar-refractivity contribution in [3.8, 4) is 12.3 Å². The lowest BCUT2D eigenvalue weighted by Crippen LogP contribution is -1.79. The molecule has 0 aromatic carbocycles. The number of pyridine rings is 2. The molecule has 17 heavy (non-hydrogen) atoms. The van der Waals surface area contributed by atoms with Gasteiger partial charge in [-0.1, -0.05) is 18.1 Å². The third-order valence-electron chi connectivity index (χ3n) is 1.54. The first kappa shape index (κ1) is 14.4. The van der Waals surface area contributed by atoms with Gasteiger partial charge in [-0.15, -0.1) is 6.42 Å². The Balaban J connectivity index is 0.000000171. The summed E-state index contributed by atoms with van der Waals surface area (Å²) in [6, 6.07) is 11.1. The minimum atomic E-state index is 0.657. The second-order valence-corrected chi connectivity index (χ2v) is 5.21. The fourth-order valence-electron chi connectivity index (χ4n) is 0.872. The predicted molar refractivity (Wildman–Crippen MR) is 79.5 cm³/mol. The van der Waals surface area contributed by atoms with E-state index in [4.69, 9.17) is 6.42 Å². The third kappa shape index (κ3) is 5.97. The number of nitrogens with zero attached hydrogens (tertiary/aromatic N) is 2. The molecular formula is C12H7Br3N2. The molecule has 2 rings (SSSR count). The summed E-state index contributed by atoms with van der Waals surface area (Å²) in [5.41, 5.74) is 0.657. The molecule has 0 N–H and O–H groups in total. The van der Waals surface area contributed by atoms with Crippen molar-refractivity contribution in [2.45, 2.75) is 0 Å². The zero-order valence-electron chi connectivity index (χ0n) is 8.57. The summed E-state index contributed by atoms with van der Waals surface area (Å²) >= 11 is 9.64. The van der Waals surface area contributed by atoms with Crippen LogP contribution in [0.2, 0.25) is 0 Å². The van der Waals surface area contributed by atoms with Crippen LogP contribution >= 0.6 is 47.8 Å². The van der Waals surface area contributed by atoms with Gasteiger partial charge >= 0.3 is 0 Å². The molecule has 0 spiro atoms. The van der Waals surface area contributed by atoms with Gasteiger partial charge in [0.2, 0.25) is 0 Å². The van der Waals surface area contributed by atoms with E-state index in [1.54, 1.807) is 6.07 Å². The molecule has 0 amide bonds. The lowest BCUT2D eigenvalue weighted by atomic mass is 10.4. The fourth-order valence-corrected chi connectivity index (χ4v) is 2.14. The van der Waals surface area contributed by atoms with Crippen LogP contribution in [0, 0.1) is 12.3 Å². The number of aromatic nitrogens is 2. The molecule has 0 atom stereocenters. The van der Waals surface area contributed by atoms with Gasteiger partial charge in [0.1, 0.15) is 19.5 Å². The van der Waals surface area contributed by atoms with Crippen LogP contribution in [0.3, 0.4) is 0 Å². The Labute approximate surface area is 125 Å². The maximum Gasteiger partial charge on any atom is 0.114 e. The molecule has 0 aliphatic heterocycles. The lowest BCUT2D eigenvalue weighted by molar-refractivity contribution is 1.23. The number of terminal acetylenes is 1. The summed E-state index contributed by atoms with van der Waals surface area (Å²) in [5, 5.41) is 0. The molecular weight excluding hydrogens is 412 g/mol. The van der Waals surface area contributed by atoms with Crippen molar-refractivity contribution < 1.29 is 0 Å². The van der Waals surface area contributed by atoms with Crippen molar-refractivity contribution in [3.63, 3.8) is 0 Å². The Kier molecular flexibility index (Phi) is 6.41. The van der Waals surface area contributed by atoms with Crippen molar-refractivity contribution in [1.82, 2.24) is 9.97 Å². The Morgan fingerprint density at radius 2 is 1.29 bits per heavy atom. The summed E-state index contributed by atoms with van der Waals surface area (Å²) < 4.78 is 2.48. The summed E-state index contributed by atoms with van der Waals surface area (Å²) in [6.07, 6.45) is 5.09. The fraction of sp³-hybridized carbons (Fsp3) is 0. The van der Waals surface area contributed by atoms with Gasteiger partial charge in [0, 0.05) is 0 Å². The van der Waals surface area contributed by atoms with Gasteiger partial charge in [-0.3, -0.25) is 0 Å². The summed E-state index contributed by atoms with van der Waals surface area (Å²) in [4.78, 5) is 7.98. The number of hydrogen-bond acceptors (Lipinski definition) is 2. The van der Waals surface area contributed by atoms with Crippen LogP contribution in [0.15, 0.2) is 50.2 Å². The molecule has 0 aliphatic rings. The van der Waals surface area contributed by atoms with Gasteiger partial charge in [-0.05, 0) is 72.1 Å². The first-order valence-electron chi connectivity index (χ1n) is 4.49. The van der Waals surface area contributed by atoms with Gasteiger partial charge in [-0.25, -0.2) is 9.97 Å². The number of hydrogen-bond donors (Lipinski definition) is 0. The second kappa shape index (κ2) is 7.59. The van der Waals surface area contributed by atoms with E-state index >= 15 is 0 Å². The largest absolute Gasteiger partial charge is 0.234 e. The molecule has 0 aliphatic carbocycles. The van der Waals surface area contributed by atoms with Crippen molar-refractivity contribution in [2.75, 3.05) is 0 Å². The summed E-state index contributed by atoms with van der Waals surface area (Å²) in [6.45, 7) is 0. The van der Waals surface area contributed by atoms with Gasteiger partial charge in [0.25, 0.3) is 0 Å². The summed E-state index contributed by atoms with van der Waals surface area (Å²) in [7, 11) is 0. The molecule has 0 radical (unpaired) electrons. The smallest absolute Gasteiger partial charge is 0.114 e. The molecule has 5 heteroatoms. The molecule has 0 saturated carbocycles. The van der Waals surface area contributed by atoms with Gasteiger partial charge in [0.15, 0.2) is 0 Å². The zero-order valence-corrected chi connectivity index (χ0v) is 13.3. The van der Waals surface area contributed by atoms with Crippen LogP contribution in [-0.4, -0.2) is 9.97 Å². The minimum absolute atomic E-state index is 0.657. The lowest BCUT2D eigenvalue weighted by Gasteiger charge is -1.87. The van der Waals surface area contributed by atoms with Crippen molar-refractivity contribution in [2.24, 2.45) is 0 Å². The Morgan fingerprint density at radius 1 is 0.824 bits per heavy atom. The van der Waals surface area contributed by atoms with Crippen LogP contribution in [0.5, 0.6) is 0 Å². The van der Waals surface area contributed by atoms with E-state index in [-0.39, 0.29) is 0 Å². The van der Waals surface area contributed by atoms with Gasteiger partial charge in [-0.2, -0.15) is 0 Å². The van der Waals surface area contributed by atoms with Crippen molar-refractivity contribution in [3.05, 3.63) is 55.9 Å². The topological polar surface area (TPSA) is 25.8 Å². The van der Waals surface area contributed by atoms with Crippen LogP contribution in [0.25, 0.3) is 0 Å². The van der Waals surface area contributed by atoms with E-state index in [2.05, 4.69) is 63.7 Å². The highest BCUT2D eigenvalue weighted by Crippen LogP contribution is 2.10. The van der Waals surface area contributed by atoms with E-state index in [0.29, 0.717) is 5.69 Å². The van der Waals surface area contributed by atoms with E-state index in [1.807, 2.05) is 30.3 Å². The average Bonchev–Trinajstić information content (AvgIpc) is 2.29. The van der Waals surface area contributed by atoms with Crippen LogP contribution in [-0.2, 0) is 0 Å². The monoisotopic (exact) mass is 416 g/mol. The maximum atomic E-state index is 5.09. The van der Waals surface area contributed by atoms with Crippen molar-refractivity contribution in [1.29, 1.82) is 0 Å². The van der Waals surface area contributed by atoms with E-state index < -0.39 is 0 Å². The molecule has 0 unspecified atom stereocenters. The highest BCUT2D eigenvalue weighted by atomic mass is 79.9. The highest BCUT2D eigenvalue weighted by molar-refractivity contribution is 9.11. The molecule has 2 aromatic heterocycles. The predicted octanol–water partition coefficient (Wildman–Crippen LogP) is 4.43. The van der Waals surface area contributed by atoms with E-state index in [0.717, 1.165) is 13.8 Å². The molecule has 2 nitrogen and oxygen atoms in total. The first-order chi connectivity index (χ1) is 8.11. The maximum absolute atomic E-state index is 5.09. The first-order valence-corrected chi connectivity index (χ1v) is 6.87. The van der Waals surface area contributed by atoms with E-state index in [1.165, 1.54) is 0 Å². The number of rotatable bonds is 0. The minimum Gasteiger partial charge on any atom is -0.234 e. The molecule has 2 aromatic rings. The Bertz CT molecular complexity index is 518. The quantitative estimate of drug-likeness (QED) is 0.467. The Hall–Kier alpha value is -0.700. The summed E-state index contributed by atoms with van der Waals surface area (Å²) in [5.74, 6) is 2.43. The van der Waals surface area contributed by atoms with Gasteiger partial charge < -0.3 is 0 Å². The molecule has 86 valence electrons. The third-order valence-corrected chi connectivity index (χ3v) is 2.87.